The Morgan fingerprint density at radius 1 is 1.09 bits per heavy atom. The summed E-state index contributed by atoms with van der Waals surface area (Å²) >= 11 is 0. The maximum absolute atomic E-state index is 12.5. The molecule has 0 saturated heterocycles. The van der Waals surface area contributed by atoms with E-state index in [0.717, 1.165) is 17.8 Å². The number of benzene rings is 1. The number of anilines is 1. The van der Waals surface area contributed by atoms with E-state index in [1.165, 1.54) is 6.07 Å². The van der Waals surface area contributed by atoms with Crippen LogP contribution in [-0.4, -0.2) is 23.2 Å². The number of nitrogens with one attached hydrogen (secondary N) is 1. The summed E-state index contributed by atoms with van der Waals surface area (Å²) < 4.78 is 37.4. The van der Waals surface area contributed by atoms with E-state index in [9.17, 15) is 13.2 Å². The van der Waals surface area contributed by atoms with Gasteiger partial charge in [-0.15, -0.1) is 0 Å². The number of halogens is 3. The molecule has 0 spiro atoms. The number of aliphatic hydroxyl groups excluding tert-OH is 1. The van der Waals surface area contributed by atoms with Gasteiger partial charge in [0.1, 0.15) is 5.82 Å². The molecule has 0 aliphatic carbocycles. The highest BCUT2D eigenvalue weighted by Gasteiger charge is 2.30. The van der Waals surface area contributed by atoms with E-state index in [4.69, 9.17) is 5.11 Å². The van der Waals surface area contributed by atoms with Crippen LogP contribution in [0.15, 0.2) is 48.7 Å². The number of hydrogen-bond donors (Lipinski definition) is 2. The fraction of sp³-hybridized carbons (Fsp3) is 0.312. The van der Waals surface area contributed by atoms with Gasteiger partial charge in [-0.2, -0.15) is 13.2 Å². The van der Waals surface area contributed by atoms with Crippen molar-refractivity contribution in [1.82, 2.24) is 4.98 Å². The van der Waals surface area contributed by atoms with E-state index in [0.29, 0.717) is 18.8 Å². The second kappa shape index (κ2) is 7.26. The zero-order chi connectivity index (χ0) is 16.0. The Morgan fingerprint density at radius 2 is 1.82 bits per heavy atom. The number of pyridine rings is 1. The monoisotopic (exact) mass is 310 g/mol. The molecular weight excluding hydrogens is 293 g/mol. The van der Waals surface area contributed by atoms with Gasteiger partial charge in [-0.3, -0.25) is 0 Å². The van der Waals surface area contributed by atoms with Crippen LogP contribution in [0.5, 0.6) is 0 Å². The summed E-state index contributed by atoms with van der Waals surface area (Å²) in [4.78, 5) is 3.78. The third-order valence-electron chi connectivity index (χ3n) is 3.37. The number of aromatic nitrogens is 1. The van der Waals surface area contributed by atoms with Crippen molar-refractivity contribution in [3.05, 3.63) is 59.8 Å². The van der Waals surface area contributed by atoms with Gasteiger partial charge in [0.25, 0.3) is 0 Å². The molecule has 1 heterocycles. The normalized spacial score (nSPS) is 12.9. The van der Waals surface area contributed by atoms with Crippen molar-refractivity contribution >= 4 is 5.82 Å². The standard InChI is InChI=1S/C16H17F3N2O/c17-16(18,19)14-6-7-15(21-11-14)20-10-13(8-9-22)12-4-2-1-3-5-12/h1-7,11,13,22H,8-10H2,(H,20,21). The van der Waals surface area contributed by atoms with Gasteiger partial charge >= 0.3 is 6.18 Å². The first kappa shape index (κ1) is 16.3. The van der Waals surface area contributed by atoms with Crippen LogP contribution >= 0.6 is 0 Å². The van der Waals surface area contributed by atoms with Crippen molar-refractivity contribution in [3.8, 4) is 0 Å². The highest BCUT2D eigenvalue weighted by molar-refractivity contribution is 5.37. The topological polar surface area (TPSA) is 45.1 Å². The van der Waals surface area contributed by atoms with E-state index in [2.05, 4.69) is 10.3 Å². The van der Waals surface area contributed by atoms with E-state index in [1.807, 2.05) is 30.3 Å². The molecule has 0 radical (unpaired) electrons. The largest absolute Gasteiger partial charge is 0.417 e. The zero-order valence-corrected chi connectivity index (χ0v) is 11.8. The lowest BCUT2D eigenvalue weighted by Gasteiger charge is -2.17. The fourth-order valence-corrected chi connectivity index (χ4v) is 2.16. The summed E-state index contributed by atoms with van der Waals surface area (Å²) in [6.07, 6.45) is -3.00. The van der Waals surface area contributed by atoms with Crippen LogP contribution in [0, 0.1) is 0 Å². The van der Waals surface area contributed by atoms with Gasteiger partial charge in [0, 0.05) is 25.3 Å². The first-order valence-corrected chi connectivity index (χ1v) is 6.93. The van der Waals surface area contributed by atoms with Gasteiger partial charge in [0.2, 0.25) is 0 Å². The molecule has 0 saturated carbocycles. The Kier molecular flexibility index (Phi) is 5.38. The van der Waals surface area contributed by atoms with Crippen LogP contribution in [0.1, 0.15) is 23.5 Å². The molecule has 0 bridgehead atoms. The maximum atomic E-state index is 12.5. The van der Waals surface area contributed by atoms with Crippen LogP contribution in [-0.2, 0) is 6.18 Å². The number of rotatable bonds is 6. The summed E-state index contributed by atoms with van der Waals surface area (Å²) in [5.74, 6) is 0.446. The number of aliphatic hydroxyl groups is 1. The molecule has 1 atom stereocenters. The Hall–Kier alpha value is -2.08. The summed E-state index contributed by atoms with van der Waals surface area (Å²) in [6, 6.07) is 12.0. The SMILES string of the molecule is OCCC(CNc1ccc(C(F)(F)F)cn1)c1ccccc1. The predicted molar refractivity (Wildman–Crippen MR) is 78.6 cm³/mol. The highest BCUT2D eigenvalue weighted by atomic mass is 19.4. The van der Waals surface area contributed by atoms with Gasteiger partial charge < -0.3 is 10.4 Å². The number of alkyl halides is 3. The van der Waals surface area contributed by atoms with Crippen molar-refractivity contribution in [2.45, 2.75) is 18.5 Å². The van der Waals surface area contributed by atoms with Crippen molar-refractivity contribution in [2.24, 2.45) is 0 Å². The predicted octanol–water partition coefficient (Wildman–Crippen LogP) is 3.68. The lowest BCUT2D eigenvalue weighted by Crippen LogP contribution is -2.15. The Balaban J connectivity index is 2.01. The smallest absolute Gasteiger partial charge is 0.396 e. The molecule has 2 N–H and O–H groups in total. The lowest BCUT2D eigenvalue weighted by molar-refractivity contribution is -0.137. The second-order valence-corrected chi connectivity index (χ2v) is 4.93. The minimum atomic E-state index is -4.38. The average molecular weight is 310 g/mol. The molecule has 1 unspecified atom stereocenters. The minimum Gasteiger partial charge on any atom is -0.396 e. The molecule has 6 heteroatoms. The van der Waals surface area contributed by atoms with Gasteiger partial charge in [-0.25, -0.2) is 4.98 Å². The molecule has 118 valence electrons. The van der Waals surface area contributed by atoms with E-state index in [1.54, 1.807) is 0 Å². The van der Waals surface area contributed by atoms with Crippen molar-refractivity contribution < 1.29 is 18.3 Å². The lowest BCUT2D eigenvalue weighted by atomic mass is 9.96. The molecule has 1 aromatic carbocycles. The Labute approximate surface area is 126 Å². The Bertz CT molecular complexity index is 570. The summed E-state index contributed by atoms with van der Waals surface area (Å²) in [5, 5.41) is 12.2. The second-order valence-electron chi connectivity index (χ2n) is 4.93. The van der Waals surface area contributed by atoms with Gasteiger partial charge in [-0.1, -0.05) is 30.3 Å². The van der Waals surface area contributed by atoms with Crippen LogP contribution in [0.2, 0.25) is 0 Å². The summed E-state index contributed by atoms with van der Waals surface area (Å²) in [6.45, 7) is 0.532. The van der Waals surface area contributed by atoms with Gasteiger partial charge in [0.15, 0.2) is 0 Å². The Morgan fingerprint density at radius 3 is 2.36 bits per heavy atom. The molecule has 0 amide bonds. The third kappa shape index (κ3) is 4.46. The van der Waals surface area contributed by atoms with Gasteiger partial charge in [-0.05, 0) is 24.1 Å². The van der Waals surface area contributed by atoms with Gasteiger partial charge in [0.05, 0.1) is 5.56 Å². The third-order valence-corrected chi connectivity index (χ3v) is 3.37. The molecule has 22 heavy (non-hydrogen) atoms. The summed E-state index contributed by atoms with van der Waals surface area (Å²) in [5.41, 5.74) is 0.295. The van der Waals surface area contributed by atoms with Crippen molar-refractivity contribution in [3.63, 3.8) is 0 Å². The molecule has 0 fully saturated rings. The average Bonchev–Trinajstić information content (AvgIpc) is 2.52. The number of hydrogen-bond acceptors (Lipinski definition) is 3. The summed E-state index contributed by atoms with van der Waals surface area (Å²) in [7, 11) is 0. The highest BCUT2D eigenvalue weighted by Crippen LogP contribution is 2.29. The van der Waals surface area contributed by atoms with Crippen LogP contribution < -0.4 is 5.32 Å². The van der Waals surface area contributed by atoms with E-state index < -0.39 is 11.7 Å². The fourth-order valence-electron chi connectivity index (χ4n) is 2.16. The quantitative estimate of drug-likeness (QED) is 0.855. The molecule has 0 aliphatic rings. The first-order chi connectivity index (χ1) is 10.5. The minimum absolute atomic E-state index is 0.0433. The molecule has 0 aliphatic heterocycles. The van der Waals surface area contributed by atoms with Crippen molar-refractivity contribution in [2.75, 3.05) is 18.5 Å². The molecule has 2 aromatic rings. The van der Waals surface area contributed by atoms with E-state index >= 15 is 0 Å². The molecule has 1 aromatic heterocycles. The van der Waals surface area contributed by atoms with Crippen LogP contribution in [0.4, 0.5) is 19.0 Å². The molecular formula is C16H17F3N2O. The molecule has 2 rings (SSSR count). The first-order valence-electron chi connectivity index (χ1n) is 6.93. The van der Waals surface area contributed by atoms with Crippen molar-refractivity contribution in [1.29, 1.82) is 0 Å². The van der Waals surface area contributed by atoms with E-state index in [-0.39, 0.29) is 12.5 Å². The molecule has 3 nitrogen and oxygen atoms in total. The van der Waals surface area contributed by atoms with Crippen LogP contribution in [0.3, 0.4) is 0 Å². The zero-order valence-electron chi connectivity index (χ0n) is 11.8. The maximum Gasteiger partial charge on any atom is 0.417 e. The van der Waals surface area contributed by atoms with Crippen LogP contribution in [0.25, 0.3) is 0 Å². The number of nitrogens with zero attached hydrogens (tertiary/aromatic N) is 1.